The van der Waals surface area contributed by atoms with E-state index in [-0.39, 0.29) is 31.8 Å². The first kappa shape index (κ1) is 23.4. The van der Waals surface area contributed by atoms with Crippen LogP contribution in [0.3, 0.4) is 0 Å². The van der Waals surface area contributed by atoms with Crippen molar-refractivity contribution < 1.29 is 33.4 Å². The van der Waals surface area contributed by atoms with Gasteiger partial charge in [0.2, 0.25) is 11.6 Å². The fraction of sp³-hybridized carbons (Fsp3) is 0.400. The van der Waals surface area contributed by atoms with Crippen molar-refractivity contribution in [3.05, 3.63) is 64.5 Å². The zero-order valence-electron chi connectivity index (χ0n) is 19.1. The molecule has 3 heterocycles. The van der Waals surface area contributed by atoms with Gasteiger partial charge in [-0.3, -0.25) is 29.5 Å². The fourth-order valence-corrected chi connectivity index (χ4v) is 4.67. The minimum absolute atomic E-state index is 0.0480. The number of hydrogen-bond acceptors (Lipinski definition) is 7. The van der Waals surface area contributed by atoms with Gasteiger partial charge in [0, 0.05) is 49.2 Å². The molecule has 35 heavy (non-hydrogen) atoms. The molecule has 0 radical (unpaired) electrons. The number of aliphatic hydroxyl groups is 1. The molecule has 2 fully saturated rings. The van der Waals surface area contributed by atoms with E-state index in [1.165, 1.54) is 6.07 Å². The average molecular weight is 483 g/mol. The van der Waals surface area contributed by atoms with Crippen molar-refractivity contribution in [2.45, 2.75) is 38.3 Å². The Hall–Kier alpha value is -3.34. The second-order valence-electron chi connectivity index (χ2n) is 8.97. The SMILES string of the molecule is O=C1CCC(O)(N2Cc3c(OCc4ccc(CN5CCOCC5)cc4F)cccc3C2=O)C(=O)N1. The number of nitrogens with one attached hydrogen (secondary N) is 1. The van der Waals surface area contributed by atoms with E-state index in [9.17, 15) is 23.9 Å². The van der Waals surface area contributed by atoms with Crippen LogP contribution in [-0.4, -0.2) is 64.7 Å². The molecule has 0 spiro atoms. The summed E-state index contributed by atoms with van der Waals surface area (Å²) in [6, 6.07) is 9.95. The second-order valence-corrected chi connectivity index (χ2v) is 8.97. The van der Waals surface area contributed by atoms with Gasteiger partial charge in [-0.25, -0.2) is 4.39 Å². The summed E-state index contributed by atoms with van der Waals surface area (Å²) in [5, 5.41) is 13.0. The van der Waals surface area contributed by atoms with Crippen LogP contribution in [0.2, 0.25) is 0 Å². The third kappa shape index (κ3) is 4.52. The van der Waals surface area contributed by atoms with E-state index in [4.69, 9.17) is 9.47 Å². The lowest BCUT2D eigenvalue weighted by atomic mass is 10.00. The maximum Gasteiger partial charge on any atom is 0.279 e. The van der Waals surface area contributed by atoms with Crippen molar-refractivity contribution in [3.8, 4) is 5.75 Å². The van der Waals surface area contributed by atoms with Gasteiger partial charge in [0.25, 0.3) is 11.8 Å². The fourth-order valence-electron chi connectivity index (χ4n) is 4.67. The number of morpholine rings is 1. The average Bonchev–Trinajstić information content (AvgIpc) is 3.20. The van der Waals surface area contributed by atoms with Crippen molar-refractivity contribution in [3.63, 3.8) is 0 Å². The lowest BCUT2D eigenvalue weighted by Crippen LogP contribution is -2.63. The first-order chi connectivity index (χ1) is 16.8. The van der Waals surface area contributed by atoms with E-state index >= 15 is 0 Å². The summed E-state index contributed by atoms with van der Waals surface area (Å²) in [7, 11) is 0. The molecule has 1 unspecified atom stereocenters. The summed E-state index contributed by atoms with van der Waals surface area (Å²) in [5.41, 5.74) is -0.0864. The van der Waals surface area contributed by atoms with Gasteiger partial charge in [-0.1, -0.05) is 18.2 Å². The zero-order chi connectivity index (χ0) is 24.6. The highest BCUT2D eigenvalue weighted by Gasteiger charge is 2.51. The summed E-state index contributed by atoms with van der Waals surface area (Å²) < 4.78 is 26.0. The van der Waals surface area contributed by atoms with Crippen molar-refractivity contribution in [1.82, 2.24) is 15.1 Å². The highest BCUT2D eigenvalue weighted by molar-refractivity contribution is 6.06. The van der Waals surface area contributed by atoms with Crippen LogP contribution >= 0.6 is 0 Å². The van der Waals surface area contributed by atoms with Gasteiger partial charge in [0.15, 0.2) is 0 Å². The summed E-state index contributed by atoms with van der Waals surface area (Å²) in [5.74, 6) is -1.96. The molecule has 9 nitrogen and oxygen atoms in total. The van der Waals surface area contributed by atoms with E-state index in [2.05, 4.69) is 10.2 Å². The molecule has 0 saturated carbocycles. The number of rotatable bonds is 6. The number of amides is 3. The maximum absolute atomic E-state index is 14.8. The van der Waals surface area contributed by atoms with Gasteiger partial charge in [0.05, 0.1) is 19.8 Å². The van der Waals surface area contributed by atoms with Crippen molar-refractivity contribution in [2.24, 2.45) is 0 Å². The summed E-state index contributed by atoms with van der Waals surface area (Å²) in [6.45, 7) is 3.51. The van der Waals surface area contributed by atoms with Crippen LogP contribution in [0.15, 0.2) is 36.4 Å². The van der Waals surface area contributed by atoms with E-state index in [0.717, 1.165) is 23.6 Å². The number of hydrogen-bond donors (Lipinski definition) is 2. The molecule has 10 heteroatoms. The number of carbonyl (C=O) groups excluding carboxylic acids is 3. The smallest absolute Gasteiger partial charge is 0.279 e. The van der Waals surface area contributed by atoms with Crippen molar-refractivity contribution >= 4 is 17.7 Å². The third-order valence-electron chi connectivity index (χ3n) is 6.70. The maximum atomic E-state index is 14.8. The topological polar surface area (TPSA) is 108 Å². The van der Waals surface area contributed by atoms with Crippen molar-refractivity contribution in [1.29, 1.82) is 0 Å². The monoisotopic (exact) mass is 483 g/mol. The Morgan fingerprint density at radius 1 is 1.14 bits per heavy atom. The van der Waals surface area contributed by atoms with E-state index < -0.39 is 23.4 Å². The molecule has 1 atom stereocenters. The molecule has 3 aliphatic rings. The minimum atomic E-state index is -2.12. The predicted octanol–water partition coefficient (Wildman–Crippen LogP) is 1.32. The minimum Gasteiger partial charge on any atom is -0.488 e. The van der Waals surface area contributed by atoms with Crippen LogP contribution in [0.25, 0.3) is 0 Å². The molecule has 0 aromatic heterocycles. The lowest BCUT2D eigenvalue weighted by Gasteiger charge is -2.37. The van der Waals surface area contributed by atoms with Gasteiger partial charge in [-0.05, 0) is 23.8 Å². The second kappa shape index (κ2) is 9.37. The van der Waals surface area contributed by atoms with Crippen molar-refractivity contribution in [2.75, 3.05) is 26.3 Å². The van der Waals surface area contributed by atoms with Crippen LogP contribution in [0, 0.1) is 5.82 Å². The Kier molecular flexibility index (Phi) is 6.26. The quantitative estimate of drug-likeness (QED) is 0.597. The molecule has 2 aromatic carbocycles. The highest BCUT2D eigenvalue weighted by atomic mass is 19.1. The Morgan fingerprint density at radius 2 is 1.94 bits per heavy atom. The zero-order valence-corrected chi connectivity index (χ0v) is 19.1. The first-order valence-electron chi connectivity index (χ1n) is 11.6. The predicted molar refractivity (Wildman–Crippen MR) is 120 cm³/mol. The van der Waals surface area contributed by atoms with Gasteiger partial charge < -0.3 is 14.6 Å². The van der Waals surface area contributed by atoms with Crippen LogP contribution in [0.1, 0.15) is 39.9 Å². The van der Waals surface area contributed by atoms with Gasteiger partial charge >= 0.3 is 0 Å². The van der Waals surface area contributed by atoms with E-state index in [1.54, 1.807) is 24.3 Å². The molecule has 184 valence electrons. The highest BCUT2D eigenvalue weighted by Crippen LogP contribution is 2.37. The Morgan fingerprint density at radius 3 is 2.69 bits per heavy atom. The number of carbonyl (C=O) groups is 3. The van der Waals surface area contributed by atoms with Gasteiger partial charge in [-0.15, -0.1) is 0 Å². The molecule has 5 rings (SSSR count). The largest absolute Gasteiger partial charge is 0.488 e. The number of halogens is 1. The number of fused-ring (bicyclic) bond motifs is 1. The Balaban J connectivity index is 1.28. The summed E-state index contributed by atoms with van der Waals surface area (Å²) in [6.07, 6.45) is -0.262. The van der Waals surface area contributed by atoms with Crippen LogP contribution in [-0.2, 0) is 34.0 Å². The van der Waals surface area contributed by atoms with Crippen LogP contribution in [0.5, 0.6) is 5.75 Å². The standard InChI is InChI=1S/C25H26FN3O6/c26-20-12-16(13-28-8-10-34-11-9-28)4-5-17(20)15-35-21-3-1-2-18-19(21)14-29(23(18)31)25(33)7-6-22(30)27-24(25)32/h1-5,12,33H,6-11,13-15H2,(H,27,30,32). The van der Waals surface area contributed by atoms with E-state index in [0.29, 0.717) is 42.2 Å². The molecule has 3 amide bonds. The summed E-state index contributed by atoms with van der Waals surface area (Å²) in [4.78, 5) is 40.1. The number of benzene rings is 2. The molecule has 2 N–H and O–H groups in total. The lowest BCUT2D eigenvalue weighted by molar-refractivity contribution is -0.168. The molecule has 0 bridgehead atoms. The third-order valence-corrected chi connectivity index (χ3v) is 6.70. The molecule has 2 aromatic rings. The number of ether oxygens (including phenoxy) is 2. The molecule has 2 saturated heterocycles. The first-order valence-corrected chi connectivity index (χ1v) is 11.6. The Bertz CT molecular complexity index is 1180. The Labute approximate surface area is 201 Å². The number of piperidine rings is 1. The normalized spacial score (nSPS) is 22.8. The number of imide groups is 1. The molecular weight excluding hydrogens is 457 g/mol. The molecule has 3 aliphatic heterocycles. The summed E-state index contributed by atoms with van der Waals surface area (Å²) >= 11 is 0. The van der Waals surface area contributed by atoms with Crippen LogP contribution in [0.4, 0.5) is 4.39 Å². The van der Waals surface area contributed by atoms with E-state index in [1.807, 2.05) is 6.07 Å². The van der Waals surface area contributed by atoms with Gasteiger partial charge in [-0.2, -0.15) is 0 Å². The molecule has 0 aliphatic carbocycles. The van der Waals surface area contributed by atoms with Crippen LogP contribution < -0.4 is 10.1 Å². The van der Waals surface area contributed by atoms with Gasteiger partial charge in [0.1, 0.15) is 18.2 Å². The number of nitrogens with zero attached hydrogens (tertiary/aromatic N) is 2. The molecular formula is C25H26FN3O6.